The summed E-state index contributed by atoms with van der Waals surface area (Å²) in [7, 11) is 0. The second kappa shape index (κ2) is 7.62. The molecule has 0 spiro atoms. The second-order valence-electron chi connectivity index (χ2n) is 5.23. The lowest BCUT2D eigenvalue weighted by atomic mass is 10.1. The maximum atomic E-state index is 6.16. The molecule has 0 aliphatic heterocycles. The Labute approximate surface area is 126 Å². The predicted octanol–water partition coefficient (Wildman–Crippen LogP) is 4.08. The van der Waals surface area contributed by atoms with E-state index in [0.29, 0.717) is 18.3 Å². The Morgan fingerprint density at radius 3 is 2.86 bits per heavy atom. The number of hydrogen-bond donors (Lipinski definition) is 2. The molecule has 1 aromatic heterocycles. The molecule has 1 aromatic carbocycles. The topological polar surface area (TPSA) is 60.4 Å². The number of benzene rings is 1. The van der Waals surface area contributed by atoms with Crippen molar-refractivity contribution in [2.45, 2.75) is 39.2 Å². The van der Waals surface area contributed by atoms with Crippen molar-refractivity contribution in [3.8, 4) is 5.75 Å². The molecule has 3 N–H and O–H groups in total. The van der Waals surface area contributed by atoms with E-state index in [1.807, 2.05) is 30.3 Å². The van der Waals surface area contributed by atoms with Gasteiger partial charge in [-0.05, 0) is 44.0 Å². The van der Waals surface area contributed by atoms with Gasteiger partial charge in [0.2, 0.25) is 0 Å². The van der Waals surface area contributed by atoms with Gasteiger partial charge in [0.25, 0.3) is 0 Å². The van der Waals surface area contributed by atoms with Crippen LogP contribution in [0.1, 0.15) is 32.4 Å². The van der Waals surface area contributed by atoms with Gasteiger partial charge >= 0.3 is 0 Å². The van der Waals surface area contributed by atoms with Crippen molar-refractivity contribution < 1.29 is 9.15 Å². The second-order valence-corrected chi connectivity index (χ2v) is 5.23. The van der Waals surface area contributed by atoms with Gasteiger partial charge in [0.1, 0.15) is 11.5 Å². The number of rotatable bonds is 8. The van der Waals surface area contributed by atoms with Crippen LogP contribution in [-0.4, -0.2) is 12.6 Å². The molecule has 1 heterocycles. The highest BCUT2D eigenvalue weighted by Crippen LogP contribution is 2.30. The van der Waals surface area contributed by atoms with Gasteiger partial charge in [-0.3, -0.25) is 0 Å². The van der Waals surface area contributed by atoms with E-state index in [1.165, 1.54) is 0 Å². The third-order valence-corrected chi connectivity index (χ3v) is 3.33. The van der Waals surface area contributed by atoms with Gasteiger partial charge in [0.15, 0.2) is 0 Å². The summed E-state index contributed by atoms with van der Waals surface area (Å²) in [6.07, 6.45) is 4.57. The highest BCUT2D eigenvalue weighted by molar-refractivity contribution is 5.73. The Morgan fingerprint density at radius 2 is 2.14 bits per heavy atom. The summed E-state index contributed by atoms with van der Waals surface area (Å²) >= 11 is 0. The molecule has 0 aliphatic carbocycles. The highest BCUT2D eigenvalue weighted by atomic mass is 16.5. The molecule has 1 unspecified atom stereocenters. The zero-order valence-electron chi connectivity index (χ0n) is 12.8. The van der Waals surface area contributed by atoms with Crippen LogP contribution < -0.4 is 15.8 Å². The van der Waals surface area contributed by atoms with Crippen LogP contribution in [0.25, 0.3) is 0 Å². The molecule has 0 radical (unpaired) electrons. The maximum Gasteiger partial charge on any atom is 0.144 e. The van der Waals surface area contributed by atoms with Crippen molar-refractivity contribution >= 4 is 11.4 Å². The first-order valence-electron chi connectivity index (χ1n) is 7.51. The minimum absolute atomic E-state index is 0.304. The van der Waals surface area contributed by atoms with Crippen LogP contribution in [0.3, 0.4) is 0 Å². The van der Waals surface area contributed by atoms with E-state index in [2.05, 4.69) is 19.2 Å². The summed E-state index contributed by atoms with van der Waals surface area (Å²) in [5, 5.41) is 3.44. The summed E-state index contributed by atoms with van der Waals surface area (Å²) < 4.78 is 11.0. The maximum absolute atomic E-state index is 6.16. The van der Waals surface area contributed by atoms with E-state index >= 15 is 0 Å². The average molecular weight is 288 g/mol. The molecule has 4 heteroatoms. The normalized spacial score (nSPS) is 12.1. The number of aryl methyl sites for hydroxylation is 1. The van der Waals surface area contributed by atoms with Gasteiger partial charge in [-0.1, -0.05) is 13.0 Å². The molecule has 0 bridgehead atoms. The average Bonchev–Trinajstić information content (AvgIpc) is 2.99. The summed E-state index contributed by atoms with van der Waals surface area (Å²) in [6, 6.07) is 10.1. The lowest BCUT2D eigenvalue weighted by Gasteiger charge is -2.18. The molecular formula is C17H24N2O2. The standard InChI is InChI=1S/C17H24N2O2/c1-3-11-21-16-8-4-7-15(17(16)18)19-13(2)9-10-14-6-5-12-20-14/h4-8,12-13,19H,3,9-11,18H2,1-2H3. The number of para-hydroxylation sites is 1. The molecule has 2 aromatic rings. The predicted molar refractivity (Wildman–Crippen MR) is 86.8 cm³/mol. The molecule has 0 saturated carbocycles. The first-order chi connectivity index (χ1) is 10.2. The molecule has 0 fully saturated rings. The van der Waals surface area contributed by atoms with Crippen molar-refractivity contribution in [3.05, 3.63) is 42.4 Å². The van der Waals surface area contributed by atoms with E-state index < -0.39 is 0 Å². The van der Waals surface area contributed by atoms with Crippen LogP contribution >= 0.6 is 0 Å². The fraction of sp³-hybridized carbons (Fsp3) is 0.412. The molecular weight excluding hydrogens is 264 g/mol. The number of nitrogens with one attached hydrogen (secondary N) is 1. The minimum atomic E-state index is 0.304. The third kappa shape index (κ3) is 4.45. The highest BCUT2D eigenvalue weighted by Gasteiger charge is 2.09. The van der Waals surface area contributed by atoms with Crippen LogP contribution in [0.5, 0.6) is 5.75 Å². The Kier molecular flexibility index (Phi) is 5.55. The Bertz CT molecular complexity index is 538. The summed E-state index contributed by atoms with van der Waals surface area (Å²) in [5.74, 6) is 1.76. The molecule has 21 heavy (non-hydrogen) atoms. The summed E-state index contributed by atoms with van der Waals surface area (Å²) in [5.41, 5.74) is 7.76. The number of ether oxygens (including phenoxy) is 1. The Hall–Kier alpha value is -2.10. The number of furan rings is 1. The number of anilines is 2. The molecule has 0 amide bonds. The Balaban J connectivity index is 1.92. The van der Waals surface area contributed by atoms with Crippen molar-refractivity contribution in [3.63, 3.8) is 0 Å². The monoisotopic (exact) mass is 288 g/mol. The largest absolute Gasteiger partial charge is 0.491 e. The lowest BCUT2D eigenvalue weighted by Crippen LogP contribution is -2.17. The number of nitrogen functional groups attached to an aromatic ring is 1. The first kappa shape index (κ1) is 15.3. The van der Waals surface area contributed by atoms with E-state index in [0.717, 1.165) is 36.5 Å². The van der Waals surface area contributed by atoms with Crippen LogP contribution in [0, 0.1) is 0 Å². The van der Waals surface area contributed by atoms with Crippen molar-refractivity contribution in [1.82, 2.24) is 0 Å². The van der Waals surface area contributed by atoms with Crippen LogP contribution in [0.4, 0.5) is 11.4 Å². The third-order valence-electron chi connectivity index (χ3n) is 3.33. The molecule has 1 atom stereocenters. The van der Waals surface area contributed by atoms with Gasteiger partial charge < -0.3 is 20.2 Å². The van der Waals surface area contributed by atoms with Gasteiger partial charge in [0.05, 0.1) is 24.2 Å². The first-order valence-corrected chi connectivity index (χ1v) is 7.51. The minimum Gasteiger partial charge on any atom is -0.491 e. The quantitative estimate of drug-likeness (QED) is 0.718. The molecule has 114 valence electrons. The van der Waals surface area contributed by atoms with E-state index in [4.69, 9.17) is 14.9 Å². The molecule has 2 rings (SSSR count). The fourth-order valence-electron chi connectivity index (χ4n) is 2.16. The lowest BCUT2D eigenvalue weighted by molar-refractivity contribution is 0.319. The smallest absolute Gasteiger partial charge is 0.144 e. The van der Waals surface area contributed by atoms with Crippen LogP contribution in [0.2, 0.25) is 0 Å². The van der Waals surface area contributed by atoms with Crippen molar-refractivity contribution in [2.24, 2.45) is 0 Å². The van der Waals surface area contributed by atoms with Crippen molar-refractivity contribution in [2.75, 3.05) is 17.7 Å². The SMILES string of the molecule is CCCOc1cccc(NC(C)CCc2ccco2)c1N. The van der Waals surface area contributed by atoms with Gasteiger partial charge in [-0.15, -0.1) is 0 Å². The van der Waals surface area contributed by atoms with Gasteiger partial charge in [-0.25, -0.2) is 0 Å². The molecule has 0 aliphatic rings. The zero-order valence-corrected chi connectivity index (χ0v) is 12.8. The summed E-state index contributed by atoms with van der Waals surface area (Å²) in [6.45, 7) is 4.90. The number of nitrogens with two attached hydrogens (primary N) is 1. The fourth-order valence-corrected chi connectivity index (χ4v) is 2.16. The molecule has 0 saturated heterocycles. The van der Waals surface area contributed by atoms with E-state index in [9.17, 15) is 0 Å². The van der Waals surface area contributed by atoms with Gasteiger partial charge in [0, 0.05) is 12.5 Å². The zero-order chi connectivity index (χ0) is 15.1. The molecule has 4 nitrogen and oxygen atoms in total. The van der Waals surface area contributed by atoms with Crippen LogP contribution in [-0.2, 0) is 6.42 Å². The van der Waals surface area contributed by atoms with Gasteiger partial charge in [-0.2, -0.15) is 0 Å². The van der Waals surface area contributed by atoms with Crippen LogP contribution in [0.15, 0.2) is 41.0 Å². The Morgan fingerprint density at radius 1 is 1.29 bits per heavy atom. The van der Waals surface area contributed by atoms with Crippen molar-refractivity contribution in [1.29, 1.82) is 0 Å². The van der Waals surface area contributed by atoms with E-state index in [1.54, 1.807) is 6.26 Å². The summed E-state index contributed by atoms with van der Waals surface area (Å²) in [4.78, 5) is 0. The van der Waals surface area contributed by atoms with E-state index in [-0.39, 0.29) is 0 Å². The number of hydrogen-bond acceptors (Lipinski definition) is 4.